The fraction of sp³-hybridized carbons (Fsp3) is 0.480. The van der Waals surface area contributed by atoms with E-state index in [4.69, 9.17) is 23.2 Å². The number of halogens is 2. The zero-order valence-electron chi connectivity index (χ0n) is 18.0. The molecule has 31 heavy (non-hydrogen) atoms. The lowest BCUT2D eigenvalue weighted by molar-refractivity contribution is 0.102. The number of benzene rings is 2. The minimum absolute atomic E-state index is 0.178. The van der Waals surface area contributed by atoms with Crippen molar-refractivity contribution in [2.24, 2.45) is 5.92 Å². The van der Waals surface area contributed by atoms with E-state index in [1.807, 2.05) is 18.2 Å². The Morgan fingerprint density at radius 2 is 1.68 bits per heavy atom. The Kier molecular flexibility index (Phi) is 7.76. The highest BCUT2D eigenvalue weighted by Gasteiger charge is 2.23. The van der Waals surface area contributed by atoms with Gasteiger partial charge in [0.05, 0.1) is 11.4 Å². The molecule has 0 atom stereocenters. The van der Waals surface area contributed by atoms with Crippen molar-refractivity contribution >= 4 is 40.5 Å². The fourth-order valence-electron chi connectivity index (χ4n) is 4.72. The van der Waals surface area contributed by atoms with Crippen LogP contribution in [-0.4, -0.2) is 43.5 Å². The van der Waals surface area contributed by atoms with E-state index in [9.17, 15) is 4.79 Å². The highest BCUT2D eigenvalue weighted by atomic mass is 35.5. The van der Waals surface area contributed by atoms with Crippen molar-refractivity contribution in [3.05, 3.63) is 58.1 Å². The van der Waals surface area contributed by atoms with Crippen LogP contribution in [0.25, 0.3) is 0 Å². The summed E-state index contributed by atoms with van der Waals surface area (Å²) in [6.07, 6.45) is 7.80. The molecule has 2 saturated heterocycles. The first-order chi connectivity index (χ1) is 15.1. The summed E-state index contributed by atoms with van der Waals surface area (Å²) in [7, 11) is 0. The van der Waals surface area contributed by atoms with Gasteiger partial charge in [0.25, 0.3) is 5.91 Å². The van der Waals surface area contributed by atoms with E-state index in [1.54, 1.807) is 24.3 Å². The van der Waals surface area contributed by atoms with Gasteiger partial charge in [-0.05, 0) is 94.1 Å². The van der Waals surface area contributed by atoms with Crippen molar-refractivity contribution in [1.29, 1.82) is 0 Å². The third-order valence-corrected chi connectivity index (χ3v) is 7.02. The average molecular weight is 460 g/mol. The van der Waals surface area contributed by atoms with Crippen molar-refractivity contribution in [2.45, 2.75) is 38.5 Å². The summed E-state index contributed by atoms with van der Waals surface area (Å²) in [5.41, 5.74) is 2.33. The van der Waals surface area contributed by atoms with Crippen LogP contribution >= 0.6 is 23.2 Å². The zero-order chi connectivity index (χ0) is 21.6. The molecule has 166 valence electrons. The van der Waals surface area contributed by atoms with Gasteiger partial charge in [0.1, 0.15) is 0 Å². The molecule has 2 fully saturated rings. The van der Waals surface area contributed by atoms with Crippen molar-refractivity contribution in [3.63, 3.8) is 0 Å². The maximum atomic E-state index is 12.8. The van der Waals surface area contributed by atoms with Crippen molar-refractivity contribution in [1.82, 2.24) is 4.90 Å². The first kappa shape index (κ1) is 22.4. The molecule has 2 aliphatic heterocycles. The maximum Gasteiger partial charge on any atom is 0.255 e. The van der Waals surface area contributed by atoms with Gasteiger partial charge in [-0.3, -0.25) is 4.79 Å². The second kappa shape index (κ2) is 10.7. The number of nitrogens with zero attached hydrogens (tertiary/aromatic N) is 2. The van der Waals surface area contributed by atoms with E-state index in [-0.39, 0.29) is 5.91 Å². The molecule has 2 aromatic carbocycles. The first-order valence-electron chi connectivity index (χ1n) is 11.4. The molecule has 2 aliphatic rings. The predicted octanol–water partition coefficient (Wildman–Crippen LogP) is 6.34. The lowest BCUT2D eigenvalue weighted by Gasteiger charge is -2.36. The monoisotopic (exact) mass is 459 g/mol. The van der Waals surface area contributed by atoms with Crippen molar-refractivity contribution in [2.75, 3.05) is 42.9 Å². The second-order valence-corrected chi connectivity index (χ2v) is 9.62. The summed E-state index contributed by atoms with van der Waals surface area (Å²) >= 11 is 12.3. The van der Waals surface area contributed by atoms with Gasteiger partial charge in [0, 0.05) is 28.7 Å². The Morgan fingerprint density at radius 1 is 0.935 bits per heavy atom. The number of hydrogen-bond acceptors (Lipinski definition) is 3. The lowest BCUT2D eigenvalue weighted by Crippen LogP contribution is -2.36. The summed E-state index contributed by atoms with van der Waals surface area (Å²) in [5.74, 6) is 0.609. The van der Waals surface area contributed by atoms with Gasteiger partial charge in [-0.25, -0.2) is 0 Å². The third-order valence-electron chi connectivity index (χ3n) is 6.55. The summed E-state index contributed by atoms with van der Waals surface area (Å²) in [5, 5.41) is 4.20. The minimum Gasteiger partial charge on any atom is -0.370 e. The number of amides is 1. The molecule has 0 spiro atoms. The summed E-state index contributed by atoms with van der Waals surface area (Å²) in [4.78, 5) is 17.8. The number of rotatable bonds is 6. The summed E-state index contributed by atoms with van der Waals surface area (Å²) in [6.45, 7) is 5.81. The molecule has 0 unspecified atom stereocenters. The largest absolute Gasteiger partial charge is 0.370 e. The van der Waals surface area contributed by atoms with E-state index in [0.29, 0.717) is 15.6 Å². The van der Waals surface area contributed by atoms with Gasteiger partial charge in [0.15, 0.2) is 0 Å². The van der Waals surface area contributed by atoms with Gasteiger partial charge < -0.3 is 15.1 Å². The number of carbonyl (C=O) groups excluding carboxylic acids is 1. The van der Waals surface area contributed by atoms with Crippen LogP contribution in [0.1, 0.15) is 48.9 Å². The van der Waals surface area contributed by atoms with Crippen LogP contribution in [0.15, 0.2) is 42.5 Å². The molecule has 4 nitrogen and oxygen atoms in total. The van der Waals surface area contributed by atoms with E-state index in [2.05, 4.69) is 15.1 Å². The smallest absolute Gasteiger partial charge is 0.255 e. The standard InChI is InChI=1S/C25H31Cl2N3O/c26-21-6-4-5-20(17-21)25(31)28-23-18-22(27)7-8-24(23)30-15-10-19(11-16-30)9-14-29-12-2-1-3-13-29/h4-8,17-19H,1-3,9-16H2,(H,28,31). The Balaban J connectivity index is 1.37. The fourth-order valence-corrected chi connectivity index (χ4v) is 5.08. The van der Waals surface area contributed by atoms with Gasteiger partial charge in [0.2, 0.25) is 0 Å². The molecule has 2 heterocycles. The van der Waals surface area contributed by atoms with Crippen LogP contribution < -0.4 is 10.2 Å². The number of hydrogen-bond donors (Lipinski definition) is 1. The van der Waals surface area contributed by atoms with Gasteiger partial charge in [-0.15, -0.1) is 0 Å². The Hall–Kier alpha value is -1.75. The molecule has 4 rings (SSSR count). The maximum absolute atomic E-state index is 12.8. The molecule has 0 radical (unpaired) electrons. The number of nitrogens with one attached hydrogen (secondary N) is 1. The van der Waals surface area contributed by atoms with Crippen LogP contribution in [0.4, 0.5) is 11.4 Å². The second-order valence-electron chi connectivity index (χ2n) is 8.75. The number of anilines is 2. The normalized spacial score (nSPS) is 18.2. The highest BCUT2D eigenvalue weighted by molar-refractivity contribution is 6.31. The molecule has 1 N–H and O–H groups in total. The molecule has 0 bridgehead atoms. The minimum atomic E-state index is -0.178. The Labute approximate surface area is 195 Å². The average Bonchev–Trinajstić information content (AvgIpc) is 2.79. The third kappa shape index (κ3) is 6.15. The first-order valence-corrected chi connectivity index (χ1v) is 12.2. The van der Waals surface area contributed by atoms with Crippen molar-refractivity contribution in [3.8, 4) is 0 Å². The van der Waals surface area contributed by atoms with Gasteiger partial charge in [-0.1, -0.05) is 35.7 Å². The molecule has 0 saturated carbocycles. The molecule has 0 aliphatic carbocycles. The number of likely N-dealkylation sites (tertiary alicyclic amines) is 1. The molecule has 1 amide bonds. The van der Waals surface area contributed by atoms with Crippen LogP contribution in [0, 0.1) is 5.92 Å². The number of carbonyl (C=O) groups is 1. The Bertz CT molecular complexity index is 890. The number of piperidine rings is 2. The quantitative estimate of drug-likeness (QED) is 0.547. The highest BCUT2D eigenvalue weighted by Crippen LogP contribution is 2.33. The molecular formula is C25H31Cl2N3O. The van der Waals surface area contributed by atoms with Crippen LogP contribution in [0.5, 0.6) is 0 Å². The van der Waals surface area contributed by atoms with Gasteiger partial charge >= 0.3 is 0 Å². The lowest BCUT2D eigenvalue weighted by atomic mass is 9.92. The Morgan fingerprint density at radius 3 is 2.42 bits per heavy atom. The van der Waals surface area contributed by atoms with Crippen molar-refractivity contribution < 1.29 is 4.79 Å². The molecule has 0 aromatic heterocycles. The van der Waals surface area contributed by atoms with Crippen LogP contribution in [0.2, 0.25) is 10.0 Å². The van der Waals surface area contributed by atoms with E-state index in [0.717, 1.165) is 30.4 Å². The molecule has 2 aromatic rings. The summed E-state index contributed by atoms with van der Waals surface area (Å²) in [6, 6.07) is 12.7. The topological polar surface area (TPSA) is 35.6 Å². The zero-order valence-corrected chi connectivity index (χ0v) is 19.5. The van der Waals surface area contributed by atoms with Crippen LogP contribution in [0.3, 0.4) is 0 Å². The van der Waals surface area contributed by atoms with E-state index in [1.165, 1.54) is 58.2 Å². The molecular weight excluding hydrogens is 429 g/mol. The summed E-state index contributed by atoms with van der Waals surface area (Å²) < 4.78 is 0. The van der Waals surface area contributed by atoms with E-state index >= 15 is 0 Å². The SMILES string of the molecule is O=C(Nc1cc(Cl)ccc1N1CCC(CCN2CCCCC2)CC1)c1cccc(Cl)c1. The predicted molar refractivity (Wildman–Crippen MR) is 131 cm³/mol. The van der Waals surface area contributed by atoms with Crippen LogP contribution in [-0.2, 0) is 0 Å². The van der Waals surface area contributed by atoms with E-state index < -0.39 is 0 Å². The van der Waals surface area contributed by atoms with Gasteiger partial charge in [-0.2, -0.15) is 0 Å². The molecule has 6 heteroatoms.